The highest BCUT2D eigenvalue weighted by Gasteiger charge is 1.99. The Morgan fingerprint density at radius 1 is 1.15 bits per heavy atom. The van der Waals surface area contributed by atoms with Crippen LogP contribution in [-0.2, 0) is 0 Å². The first kappa shape index (κ1) is 7.91. The first-order chi connectivity index (χ1) is 6.25. The van der Waals surface area contributed by atoms with E-state index in [2.05, 4.69) is 15.3 Å². The lowest BCUT2D eigenvalue weighted by Crippen LogP contribution is -1.98. The molecule has 0 atom stereocenters. The Labute approximate surface area is 76.2 Å². The van der Waals surface area contributed by atoms with Crippen LogP contribution in [0.15, 0.2) is 24.4 Å². The molecule has 0 bridgehead atoms. The molecule has 66 valence electrons. The molecule has 2 aromatic heterocycles. The lowest BCUT2D eigenvalue weighted by molar-refractivity contribution is 0.776. The second kappa shape index (κ2) is 2.97. The Bertz CT molecular complexity index is 419. The molecule has 2 heterocycles. The Morgan fingerprint density at radius 2 is 2.00 bits per heavy atom. The van der Waals surface area contributed by atoms with Gasteiger partial charge in [-0.2, -0.15) is 0 Å². The molecule has 0 aromatic carbocycles. The second-order valence-corrected chi connectivity index (χ2v) is 2.94. The third-order valence-electron chi connectivity index (χ3n) is 1.72. The van der Waals surface area contributed by atoms with E-state index in [9.17, 15) is 0 Å². The van der Waals surface area contributed by atoms with Crippen molar-refractivity contribution < 1.29 is 0 Å². The predicted molar refractivity (Wildman–Crippen MR) is 48.6 cm³/mol. The Morgan fingerprint density at radius 3 is 2.62 bits per heavy atom. The third-order valence-corrected chi connectivity index (χ3v) is 1.72. The van der Waals surface area contributed by atoms with Gasteiger partial charge in [-0.05, 0) is 26.0 Å². The number of nitrogens with zero attached hydrogens (tertiary/aromatic N) is 4. The smallest absolute Gasteiger partial charge is 0.155 e. The number of rotatable bonds is 1. The van der Waals surface area contributed by atoms with Gasteiger partial charge in [0.2, 0.25) is 0 Å². The van der Waals surface area contributed by atoms with Gasteiger partial charge in [-0.1, -0.05) is 11.3 Å². The van der Waals surface area contributed by atoms with Crippen molar-refractivity contribution in [2.45, 2.75) is 13.8 Å². The minimum atomic E-state index is 0.806. The maximum atomic E-state index is 4.32. The number of aromatic nitrogens is 4. The highest BCUT2D eigenvalue weighted by Crippen LogP contribution is 2.03. The Hall–Kier alpha value is -1.71. The number of hydrogen-bond acceptors (Lipinski definition) is 3. The predicted octanol–water partition coefficient (Wildman–Crippen LogP) is 1.28. The van der Waals surface area contributed by atoms with Crippen molar-refractivity contribution in [2.75, 3.05) is 0 Å². The van der Waals surface area contributed by atoms with Gasteiger partial charge in [0.25, 0.3) is 0 Å². The first-order valence-electron chi connectivity index (χ1n) is 4.09. The van der Waals surface area contributed by atoms with E-state index in [1.165, 1.54) is 0 Å². The van der Waals surface area contributed by atoms with Crippen LogP contribution in [0.2, 0.25) is 0 Å². The van der Waals surface area contributed by atoms with Gasteiger partial charge in [-0.25, -0.2) is 9.67 Å². The van der Waals surface area contributed by atoms with Crippen LogP contribution in [0.3, 0.4) is 0 Å². The lowest BCUT2D eigenvalue weighted by Gasteiger charge is -1.98. The van der Waals surface area contributed by atoms with Crippen LogP contribution >= 0.6 is 0 Å². The summed E-state index contributed by atoms with van der Waals surface area (Å²) in [6.45, 7) is 3.85. The van der Waals surface area contributed by atoms with Gasteiger partial charge < -0.3 is 0 Å². The minimum absolute atomic E-state index is 0.806. The molecule has 0 fully saturated rings. The topological polar surface area (TPSA) is 43.6 Å². The van der Waals surface area contributed by atoms with Crippen LogP contribution in [-0.4, -0.2) is 20.0 Å². The second-order valence-electron chi connectivity index (χ2n) is 2.94. The van der Waals surface area contributed by atoms with Crippen molar-refractivity contribution >= 4 is 0 Å². The van der Waals surface area contributed by atoms with E-state index in [0.717, 1.165) is 17.2 Å². The maximum absolute atomic E-state index is 4.32. The molecule has 13 heavy (non-hydrogen) atoms. The first-order valence-corrected chi connectivity index (χ1v) is 4.09. The van der Waals surface area contributed by atoms with E-state index >= 15 is 0 Å². The van der Waals surface area contributed by atoms with Gasteiger partial charge in [0.1, 0.15) is 0 Å². The van der Waals surface area contributed by atoms with E-state index in [4.69, 9.17) is 0 Å². The standard InChI is InChI=1S/C9H10N4/c1-7-4-3-5-9(10-7)13-6-8(2)11-12-13/h3-6H,1-2H3. The average molecular weight is 174 g/mol. The van der Waals surface area contributed by atoms with Gasteiger partial charge >= 0.3 is 0 Å². The summed E-state index contributed by atoms with van der Waals surface area (Å²) < 4.78 is 1.67. The van der Waals surface area contributed by atoms with E-state index in [1.807, 2.05) is 38.2 Å². The average Bonchev–Trinajstić information content (AvgIpc) is 2.52. The molecule has 4 nitrogen and oxygen atoms in total. The van der Waals surface area contributed by atoms with Crippen LogP contribution in [0.4, 0.5) is 0 Å². The number of pyridine rings is 1. The molecule has 0 radical (unpaired) electrons. The molecule has 2 aromatic rings. The third kappa shape index (κ3) is 1.56. The maximum Gasteiger partial charge on any atom is 0.155 e. The molecular formula is C9H10N4. The van der Waals surface area contributed by atoms with Crippen molar-refractivity contribution in [2.24, 2.45) is 0 Å². The molecular weight excluding hydrogens is 164 g/mol. The van der Waals surface area contributed by atoms with E-state index in [1.54, 1.807) is 4.68 Å². The van der Waals surface area contributed by atoms with Crippen molar-refractivity contribution in [3.8, 4) is 5.82 Å². The van der Waals surface area contributed by atoms with E-state index < -0.39 is 0 Å². The van der Waals surface area contributed by atoms with Gasteiger partial charge in [0.15, 0.2) is 5.82 Å². The number of hydrogen-bond donors (Lipinski definition) is 0. The van der Waals surface area contributed by atoms with Crippen LogP contribution in [0.25, 0.3) is 5.82 Å². The summed E-state index contributed by atoms with van der Waals surface area (Å²) in [5, 5.41) is 7.83. The van der Waals surface area contributed by atoms with Crippen LogP contribution in [0.5, 0.6) is 0 Å². The largest absolute Gasteiger partial charge is 0.234 e. The zero-order valence-corrected chi connectivity index (χ0v) is 7.60. The zero-order valence-electron chi connectivity index (χ0n) is 7.60. The summed E-state index contributed by atoms with van der Waals surface area (Å²) in [4.78, 5) is 4.32. The summed E-state index contributed by atoms with van der Waals surface area (Å²) in [7, 11) is 0. The summed E-state index contributed by atoms with van der Waals surface area (Å²) in [5.74, 6) is 0.806. The van der Waals surface area contributed by atoms with Gasteiger partial charge in [0.05, 0.1) is 11.9 Å². The van der Waals surface area contributed by atoms with Gasteiger partial charge in [-0.15, -0.1) is 5.10 Å². The fourth-order valence-corrected chi connectivity index (χ4v) is 1.12. The molecule has 2 rings (SSSR count). The molecule has 0 aliphatic rings. The molecule has 0 saturated heterocycles. The molecule has 0 aliphatic carbocycles. The quantitative estimate of drug-likeness (QED) is 0.654. The van der Waals surface area contributed by atoms with E-state index in [0.29, 0.717) is 0 Å². The van der Waals surface area contributed by atoms with Crippen molar-refractivity contribution in [3.63, 3.8) is 0 Å². The van der Waals surface area contributed by atoms with Crippen LogP contribution in [0.1, 0.15) is 11.4 Å². The number of aryl methyl sites for hydroxylation is 2. The van der Waals surface area contributed by atoms with E-state index in [-0.39, 0.29) is 0 Å². The molecule has 0 unspecified atom stereocenters. The Kier molecular flexibility index (Phi) is 1.81. The monoisotopic (exact) mass is 174 g/mol. The normalized spacial score (nSPS) is 10.3. The van der Waals surface area contributed by atoms with Gasteiger partial charge in [-0.3, -0.25) is 0 Å². The molecule has 0 amide bonds. The summed E-state index contributed by atoms with van der Waals surface area (Å²) in [6.07, 6.45) is 1.85. The van der Waals surface area contributed by atoms with Crippen LogP contribution in [0, 0.1) is 13.8 Å². The molecule has 0 spiro atoms. The summed E-state index contributed by atoms with van der Waals surface area (Å²) >= 11 is 0. The highest BCUT2D eigenvalue weighted by molar-refractivity contribution is 5.22. The highest BCUT2D eigenvalue weighted by atomic mass is 15.4. The van der Waals surface area contributed by atoms with Gasteiger partial charge in [0, 0.05) is 5.69 Å². The minimum Gasteiger partial charge on any atom is -0.234 e. The summed E-state index contributed by atoms with van der Waals surface area (Å²) in [6, 6.07) is 5.81. The van der Waals surface area contributed by atoms with Crippen molar-refractivity contribution in [1.29, 1.82) is 0 Å². The molecule has 0 saturated carbocycles. The molecule has 4 heteroatoms. The van der Waals surface area contributed by atoms with Crippen molar-refractivity contribution in [3.05, 3.63) is 35.8 Å². The lowest BCUT2D eigenvalue weighted by atomic mass is 10.4. The fraction of sp³-hybridized carbons (Fsp3) is 0.222. The SMILES string of the molecule is Cc1cn(-c2cccc(C)n2)nn1. The molecule has 0 aliphatic heterocycles. The zero-order chi connectivity index (χ0) is 9.26. The Balaban J connectivity index is 2.46. The van der Waals surface area contributed by atoms with Crippen LogP contribution < -0.4 is 0 Å². The molecule has 0 N–H and O–H groups in total. The summed E-state index contributed by atoms with van der Waals surface area (Å²) in [5.41, 5.74) is 1.87. The van der Waals surface area contributed by atoms with Crippen molar-refractivity contribution in [1.82, 2.24) is 20.0 Å². The fourth-order valence-electron chi connectivity index (χ4n) is 1.12.